The molecule has 1 heterocycles. The largest absolute Gasteiger partial charge is 0.470 e. The van der Waals surface area contributed by atoms with E-state index in [0.717, 1.165) is 36.8 Å². The van der Waals surface area contributed by atoms with Gasteiger partial charge in [-0.1, -0.05) is 60.1 Å². The summed E-state index contributed by atoms with van der Waals surface area (Å²) >= 11 is 0. The van der Waals surface area contributed by atoms with Gasteiger partial charge in [0.25, 0.3) is 0 Å². The van der Waals surface area contributed by atoms with Crippen LogP contribution in [-0.2, 0) is 16.4 Å². The quantitative estimate of drug-likeness (QED) is 0.339. The fourth-order valence-electron chi connectivity index (χ4n) is 10.8. The number of nitrogens with zero attached hydrogens (tertiary/aromatic N) is 3. The van der Waals surface area contributed by atoms with E-state index in [1.165, 1.54) is 0 Å². The first-order chi connectivity index (χ1) is 18.8. The third kappa shape index (κ3) is 3.75. The Labute approximate surface area is 241 Å². The van der Waals surface area contributed by atoms with Crippen molar-refractivity contribution in [3.8, 4) is 6.07 Å². The standard InChI is InChI=1S/C33H42F3N3O2/c1-27(2)10-12-32(25-38-39-26(41-25)33(34,35)36)13-11-31(7)24(20(32)17-27)21(40)14-23-29(5)16-19(18-37)15-28(3,4)22(29)8-9-30(23,31)6/h14,16,20,22,24H,8-13,15,17H2,1-7H3/t20-,22-,24-,29-,30+,31+,32-/m0/s1. The lowest BCUT2D eigenvalue weighted by molar-refractivity contribution is -0.166. The molecule has 3 fully saturated rings. The zero-order chi connectivity index (χ0) is 30.0. The number of carbonyl (C=O) groups excluding carboxylic acids is 1. The average Bonchev–Trinajstić information content (AvgIpc) is 3.36. The number of rotatable bonds is 1. The van der Waals surface area contributed by atoms with Crippen molar-refractivity contribution < 1.29 is 22.4 Å². The van der Waals surface area contributed by atoms with E-state index in [1.54, 1.807) is 0 Å². The Balaban J connectivity index is 1.51. The number of nitriles is 1. The molecule has 0 aromatic carbocycles. The van der Waals surface area contributed by atoms with Gasteiger partial charge >= 0.3 is 12.1 Å². The molecule has 5 nitrogen and oxygen atoms in total. The van der Waals surface area contributed by atoms with Crippen LogP contribution in [0.2, 0.25) is 0 Å². The monoisotopic (exact) mass is 569 g/mol. The number of alkyl halides is 3. The van der Waals surface area contributed by atoms with Crippen LogP contribution in [0.25, 0.3) is 0 Å². The highest BCUT2D eigenvalue weighted by Gasteiger charge is 2.70. The van der Waals surface area contributed by atoms with E-state index in [9.17, 15) is 23.2 Å². The number of halogens is 3. The smallest absolute Gasteiger partial charge is 0.417 e. The molecule has 0 bridgehead atoms. The second kappa shape index (κ2) is 8.35. The summed E-state index contributed by atoms with van der Waals surface area (Å²) in [6.45, 7) is 15.7. The Morgan fingerprint density at radius 1 is 1.00 bits per heavy atom. The van der Waals surface area contributed by atoms with E-state index in [0.29, 0.717) is 31.6 Å². The van der Waals surface area contributed by atoms with Crippen LogP contribution in [0.1, 0.15) is 112 Å². The Hall–Kier alpha value is -2.43. The van der Waals surface area contributed by atoms with Crippen LogP contribution in [0.5, 0.6) is 0 Å². The maximum Gasteiger partial charge on any atom is 0.470 e. The van der Waals surface area contributed by atoms with E-state index >= 15 is 0 Å². The van der Waals surface area contributed by atoms with Gasteiger partial charge in [-0.15, -0.1) is 10.2 Å². The molecule has 8 heteroatoms. The Kier molecular flexibility index (Phi) is 5.84. The highest BCUT2D eigenvalue weighted by Crippen LogP contribution is 2.74. The minimum absolute atomic E-state index is 0.0476. The van der Waals surface area contributed by atoms with E-state index in [1.807, 2.05) is 6.08 Å². The number of aromatic nitrogens is 2. The lowest BCUT2D eigenvalue weighted by Gasteiger charge is -2.69. The van der Waals surface area contributed by atoms with Gasteiger partial charge in [-0.05, 0) is 90.9 Å². The van der Waals surface area contributed by atoms with E-state index < -0.39 is 28.3 Å². The second-order valence-electron chi connectivity index (χ2n) is 16.0. The molecule has 0 spiro atoms. The molecule has 0 unspecified atom stereocenters. The minimum atomic E-state index is -4.71. The SMILES string of the molecule is CC1(C)CC[C@]2(c3nnc(C(F)(F)F)o3)CC[C@]3(C)[C@H](C(=O)C=C4[C@@]5(C)C=C(C#N)CC(C)(C)[C@@H]5CC[C@]43C)[C@@H]2C1. The zero-order valence-electron chi connectivity index (χ0n) is 25.3. The molecule has 1 aromatic heterocycles. The van der Waals surface area contributed by atoms with Crippen LogP contribution in [-0.4, -0.2) is 16.0 Å². The highest BCUT2D eigenvalue weighted by atomic mass is 19.4. The van der Waals surface area contributed by atoms with Gasteiger partial charge in [0, 0.05) is 16.9 Å². The predicted octanol–water partition coefficient (Wildman–Crippen LogP) is 8.38. The Bertz CT molecular complexity index is 1410. The van der Waals surface area contributed by atoms with Crippen molar-refractivity contribution in [3.63, 3.8) is 0 Å². The summed E-state index contributed by atoms with van der Waals surface area (Å²) in [6, 6.07) is 2.43. The third-order valence-corrected chi connectivity index (χ3v) is 12.9. The third-order valence-electron chi connectivity index (χ3n) is 12.9. The topological polar surface area (TPSA) is 79.8 Å². The van der Waals surface area contributed by atoms with Crippen molar-refractivity contribution in [1.82, 2.24) is 10.2 Å². The fraction of sp³-hybridized carbons (Fsp3) is 0.758. The number of hydrogen-bond donors (Lipinski definition) is 0. The molecule has 222 valence electrons. The number of ketones is 1. The first kappa shape index (κ1) is 28.7. The average molecular weight is 570 g/mol. The maximum atomic E-state index is 14.6. The first-order valence-corrected chi connectivity index (χ1v) is 15.1. The fourth-order valence-corrected chi connectivity index (χ4v) is 10.8. The van der Waals surface area contributed by atoms with Crippen LogP contribution in [0.4, 0.5) is 13.2 Å². The predicted molar refractivity (Wildman–Crippen MR) is 147 cm³/mol. The molecular weight excluding hydrogens is 527 g/mol. The van der Waals surface area contributed by atoms with Gasteiger partial charge in [-0.3, -0.25) is 4.79 Å². The summed E-state index contributed by atoms with van der Waals surface area (Å²) in [5.74, 6) is -1.44. The van der Waals surface area contributed by atoms with Crippen LogP contribution in [0.3, 0.4) is 0 Å². The van der Waals surface area contributed by atoms with Crippen LogP contribution < -0.4 is 0 Å². The van der Waals surface area contributed by atoms with Gasteiger partial charge in [0.05, 0.1) is 11.5 Å². The number of fused-ring (bicyclic) bond motifs is 7. The van der Waals surface area contributed by atoms with Crippen molar-refractivity contribution in [1.29, 1.82) is 5.26 Å². The molecule has 41 heavy (non-hydrogen) atoms. The van der Waals surface area contributed by atoms with Gasteiger partial charge in [-0.25, -0.2) is 0 Å². The van der Waals surface area contributed by atoms with Crippen LogP contribution in [0.15, 0.2) is 27.7 Å². The number of allylic oxidation sites excluding steroid dienone is 4. The van der Waals surface area contributed by atoms with Gasteiger partial charge in [0.15, 0.2) is 5.78 Å². The molecule has 0 saturated heterocycles. The van der Waals surface area contributed by atoms with E-state index in [2.05, 4.69) is 70.8 Å². The minimum Gasteiger partial charge on any atom is -0.417 e. The van der Waals surface area contributed by atoms with Crippen LogP contribution in [0, 0.1) is 56.2 Å². The van der Waals surface area contributed by atoms with E-state index in [-0.39, 0.29) is 39.8 Å². The van der Waals surface area contributed by atoms with Crippen molar-refractivity contribution >= 4 is 5.78 Å². The second-order valence-corrected chi connectivity index (χ2v) is 16.0. The molecule has 7 atom stereocenters. The summed E-state index contributed by atoms with van der Waals surface area (Å²) in [5, 5.41) is 17.4. The molecule has 0 aliphatic heterocycles. The Morgan fingerprint density at radius 2 is 1.68 bits per heavy atom. The van der Waals surface area contributed by atoms with Crippen LogP contribution >= 0.6 is 0 Å². The summed E-state index contributed by atoms with van der Waals surface area (Å²) < 4.78 is 46.0. The molecule has 3 saturated carbocycles. The molecule has 0 N–H and O–H groups in total. The summed E-state index contributed by atoms with van der Waals surface area (Å²) in [4.78, 5) is 14.6. The van der Waals surface area contributed by atoms with E-state index in [4.69, 9.17) is 4.42 Å². The molecule has 1 aromatic rings. The summed E-state index contributed by atoms with van der Waals surface area (Å²) in [5.41, 5.74) is -0.0441. The number of hydrogen-bond acceptors (Lipinski definition) is 5. The Morgan fingerprint density at radius 3 is 2.32 bits per heavy atom. The van der Waals surface area contributed by atoms with Gasteiger partial charge in [0.1, 0.15) is 0 Å². The maximum absolute atomic E-state index is 14.6. The van der Waals surface area contributed by atoms with Crippen molar-refractivity contribution in [2.45, 2.75) is 111 Å². The molecule has 0 amide bonds. The first-order valence-electron chi connectivity index (χ1n) is 15.1. The molecule has 0 radical (unpaired) electrons. The summed E-state index contributed by atoms with van der Waals surface area (Å²) in [7, 11) is 0. The normalized spacial score (nSPS) is 43.0. The molecule has 6 rings (SSSR count). The molecule has 5 aliphatic carbocycles. The van der Waals surface area contributed by atoms with Crippen molar-refractivity contribution in [2.24, 2.45) is 44.8 Å². The van der Waals surface area contributed by atoms with Gasteiger partial charge < -0.3 is 4.42 Å². The summed E-state index contributed by atoms with van der Waals surface area (Å²) in [6.07, 6.45) is 5.49. The molecular formula is C33H42F3N3O2. The highest BCUT2D eigenvalue weighted by molar-refractivity contribution is 5.95. The van der Waals surface area contributed by atoms with Crippen molar-refractivity contribution in [2.75, 3.05) is 0 Å². The van der Waals surface area contributed by atoms with Crippen molar-refractivity contribution in [3.05, 3.63) is 35.1 Å². The lowest BCUT2D eigenvalue weighted by atomic mass is 9.34. The molecule has 5 aliphatic rings. The lowest BCUT2D eigenvalue weighted by Crippen LogP contribution is -2.65. The van der Waals surface area contributed by atoms with Gasteiger partial charge in [-0.2, -0.15) is 18.4 Å². The number of carbonyl (C=O) groups is 1. The van der Waals surface area contributed by atoms with Gasteiger partial charge in [0.2, 0.25) is 5.89 Å². The zero-order valence-corrected chi connectivity index (χ0v) is 25.3.